The quantitative estimate of drug-likeness (QED) is 0.712. The number of nitrogens with zero attached hydrogens (tertiary/aromatic N) is 2. The third-order valence-corrected chi connectivity index (χ3v) is 6.70. The molecule has 4 rings (SSSR count). The molecule has 0 bridgehead atoms. The fraction of sp³-hybridized carbons (Fsp3) is 0.211. The number of aromatic nitrogens is 2. The van der Waals surface area contributed by atoms with E-state index in [0.717, 1.165) is 38.6 Å². The maximum atomic E-state index is 13.2. The zero-order valence-electron chi connectivity index (χ0n) is 14.6. The van der Waals surface area contributed by atoms with Gasteiger partial charge in [-0.25, -0.2) is 13.4 Å². The van der Waals surface area contributed by atoms with E-state index < -0.39 is 26.7 Å². The molecule has 0 unspecified atom stereocenters. The molecule has 1 aliphatic rings. The van der Waals surface area contributed by atoms with Gasteiger partial charge in [0, 0.05) is 36.4 Å². The van der Waals surface area contributed by atoms with E-state index in [1.807, 2.05) is 18.3 Å². The number of pyridine rings is 1. The van der Waals surface area contributed by atoms with Crippen molar-refractivity contribution in [1.29, 1.82) is 0 Å². The van der Waals surface area contributed by atoms with Crippen LogP contribution in [-0.4, -0.2) is 35.8 Å². The fourth-order valence-corrected chi connectivity index (χ4v) is 4.99. The predicted octanol–water partition coefficient (Wildman–Crippen LogP) is 4.06. The number of alkyl halides is 3. The van der Waals surface area contributed by atoms with Crippen molar-refractivity contribution in [3.05, 3.63) is 66.0 Å². The van der Waals surface area contributed by atoms with Crippen molar-refractivity contribution in [2.75, 3.05) is 13.1 Å². The highest BCUT2D eigenvalue weighted by molar-refractivity contribution is 7.89. The van der Waals surface area contributed by atoms with Crippen molar-refractivity contribution in [3.8, 4) is 0 Å². The number of rotatable bonds is 3. The molecule has 146 valence electrons. The number of hydrogen-bond acceptors (Lipinski definition) is 3. The number of fused-ring (bicyclic) bond motifs is 1. The molecule has 0 amide bonds. The van der Waals surface area contributed by atoms with Crippen LogP contribution in [0.4, 0.5) is 13.2 Å². The third-order valence-electron chi connectivity index (χ3n) is 4.78. The Morgan fingerprint density at radius 2 is 1.89 bits per heavy atom. The summed E-state index contributed by atoms with van der Waals surface area (Å²) in [6, 6.07) is 8.00. The zero-order valence-corrected chi connectivity index (χ0v) is 15.4. The van der Waals surface area contributed by atoms with Crippen molar-refractivity contribution < 1.29 is 21.6 Å². The molecule has 0 spiro atoms. The smallest absolute Gasteiger partial charge is 0.346 e. The van der Waals surface area contributed by atoms with Gasteiger partial charge in [-0.3, -0.25) is 0 Å². The zero-order chi connectivity index (χ0) is 19.9. The predicted molar refractivity (Wildman–Crippen MR) is 98.9 cm³/mol. The minimum atomic E-state index is -4.74. The second-order valence-corrected chi connectivity index (χ2v) is 8.34. The Kier molecular flexibility index (Phi) is 4.51. The number of halogens is 3. The number of nitrogens with one attached hydrogen (secondary N) is 1. The molecule has 0 saturated carbocycles. The molecule has 1 aliphatic heterocycles. The normalized spacial score (nSPS) is 16.3. The lowest BCUT2D eigenvalue weighted by Gasteiger charge is -2.27. The van der Waals surface area contributed by atoms with Crippen LogP contribution in [0.2, 0.25) is 0 Å². The molecular weight excluding hydrogens is 391 g/mol. The van der Waals surface area contributed by atoms with E-state index in [1.165, 1.54) is 12.1 Å². The number of benzene rings is 1. The van der Waals surface area contributed by atoms with E-state index in [0.29, 0.717) is 6.42 Å². The summed E-state index contributed by atoms with van der Waals surface area (Å²) in [5, 5.41) is 0.924. The van der Waals surface area contributed by atoms with E-state index in [2.05, 4.69) is 9.97 Å². The van der Waals surface area contributed by atoms with Crippen molar-refractivity contribution in [2.24, 2.45) is 0 Å². The van der Waals surface area contributed by atoms with Gasteiger partial charge in [0.25, 0.3) is 0 Å². The van der Waals surface area contributed by atoms with Gasteiger partial charge in [0.05, 0.1) is 10.5 Å². The van der Waals surface area contributed by atoms with Gasteiger partial charge in [-0.1, -0.05) is 18.2 Å². The van der Waals surface area contributed by atoms with E-state index in [9.17, 15) is 21.6 Å². The second kappa shape index (κ2) is 6.75. The summed E-state index contributed by atoms with van der Waals surface area (Å²) >= 11 is 0. The van der Waals surface area contributed by atoms with E-state index in [4.69, 9.17) is 0 Å². The number of aromatic amines is 1. The Balaban J connectivity index is 1.65. The fourth-order valence-electron chi connectivity index (χ4n) is 3.40. The van der Waals surface area contributed by atoms with Crippen LogP contribution < -0.4 is 0 Å². The Morgan fingerprint density at radius 3 is 2.61 bits per heavy atom. The first-order chi connectivity index (χ1) is 13.3. The van der Waals surface area contributed by atoms with Crippen molar-refractivity contribution in [1.82, 2.24) is 14.3 Å². The second-order valence-electron chi connectivity index (χ2n) is 6.44. The molecule has 0 aliphatic carbocycles. The highest BCUT2D eigenvalue weighted by Crippen LogP contribution is 2.36. The molecule has 3 heterocycles. The van der Waals surface area contributed by atoms with Gasteiger partial charge >= 0.3 is 6.18 Å². The molecule has 0 saturated heterocycles. The van der Waals surface area contributed by atoms with Gasteiger partial charge < -0.3 is 4.98 Å². The minimum absolute atomic E-state index is 0.0107. The van der Waals surface area contributed by atoms with Gasteiger partial charge in [-0.15, -0.1) is 0 Å². The number of hydrogen-bond donors (Lipinski definition) is 1. The largest absolute Gasteiger partial charge is 0.417 e. The van der Waals surface area contributed by atoms with Crippen molar-refractivity contribution >= 4 is 26.6 Å². The van der Waals surface area contributed by atoms with Crippen molar-refractivity contribution in [3.63, 3.8) is 0 Å². The standard InChI is InChI=1S/C19H16F3N3O2S/c20-19(21,22)16-5-1-2-6-17(16)28(26,27)25-10-7-13(8-11-25)15-12-24-18-14(15)4-3-9-23-18/h1-7,9,12H,8,10-11H2,(H,23,24). The summed E-state index contributed by atoms with van der Waals surface area (Å²) in [6.07, 6.45) is 0.885. The Bertz CT molecular complexity index is 1170. The molecule has 2 aromatic heterocycles. The molecular formula is C19H16F3N3O2S. The Hall–Kier alpha value is -2.65. The van der Waals surface area contributed by atoms with Crippen molar-refractivity contribution in [2.45, 2.75) is 17.5 Å². The summed E-state index contributed by atoms with van der Waals surface area (Å²) in [7, 11) is -4.26. The molecule has 0 fully saturated rings. The summed E-state index contributed by atoms with van der Waals surface area (Å²) < 4.78 is 66.5. The van der Waals surface area contributed by atoms with Gasteiger partial charge in [-0.2, -0.15) is 17.5 Å². The first-order valence-electron chi connectivity index (χ1n) is 8.56. The minimum Gasteiger partial charge on any atom is -0.346 e. The highest BCUT2D eigenvalue weighted by atomic mass is 32.2. The molecule has 1 N–H and O–H groups in total. The Morgan fingerprint density at radius 1 is 1.11 bits per heavy atom. The molecule has 5 nitrogen and oxygen atoms in total. The monoisotopic (exact) mass is 407 g/mol. The summed E-state index contributed by atoms with van der Waals surface area (Å²) in [5.74, 6) is 0. The molecule has 9 heteroatoms. The molecule has 0 radical (unpaired) electrons. The lowest BCUT2D eigenvalue weighted by Crippen LogP contribution is -2.35. The summed E-state index contributed by atoms with van der Waals surface area (Å²) in [6.45, 7) is 0.115. The average molecular weight is 407 g/mol. The summed E-state index contributed by atoms with van der Waals surface area (Å²) in [5.41, 5.74) is 1.45. The molecule has 1 aromatic carbocycles. The van der Waals surface area contributed by atoms with E-state index in [1.54, 1.807) is 12.3 Å². The van der Waals surface area contributed by atoms with Crippen LogP contribution in [0.5, 0.6) is 0 Å². The highest BCUT2D eigenvalue weighted by Gasteiger charge is 2.39. The van der Waals surface area contributed by atoms with Crippen LogP contribution in [-0.2, 0) is 16.2 Å². The maximum absolute atomic E-state index is 13.2. The number of sulfonamides is 1. The molecule has 0 atom stereocenters. The van der Waals surface area contributed by atoms with Gasteiger partial charge in [0.1, 0.15) is 5.65 Å². The third kappa shape index (κ3) is 3.20. The number of H-pyrrole nitrogens is 1. The molecule has 28 heavy (non-hydrogen) atoms. The lowest BCUT2D eigenvalue weighted by atomic mass is 10.0. The van der Waals surface area contributed by atoms with Gasteiger partial charge in [0.15, 0.2) is 0 Å². The first kappa shape index (κ1) is 18.7. The SMILES string of the molecule is O=S(=O)(c1ccccc1C(F)(F)F)N1CC=C(c2c[nH]c3ncccc23)CC1. The van der Waals surface area contributed by atoms with Crippen LogP contribution >= 0.6 is 0 Å². The van der Waals surface area contributed by atoms with Crippen LogP contribution in [0.1, 0.15) is 17.5 Å². The van der Waals surface area contributed by atoms with E-state index in [-0.39, 0.29) is 13.1 Å². The topological polar surface area (TPSA) is 66.1 Å². The average Bonchev–Trinajstić information content (AvgIpc) is 3.11. The van der Waals surface area contributed by atoms with Crippen LogP contribution in [0.15, 0.2) is 59.8 Å². The summed E-state index contributed by atoms with van der Waals surface area (Å²) in [4.78, 5) is 6.58. The van der Waals surface area contributed by atoms with Crippen LogP contribution in [0, 0.1) is 0 Å². The van der Waals surface area contributed by atoms with Gasteiger partial charge in [0.2, 0.25) is 10.0 Å². The van der Waals surface area contributed by atoms with E-state index >= 15 is 0 Å². The molecule has 3 aromatic rings. The lowest BCUT2D eigenvalue weighted by molar-refractivity contribution is -0.139. The van der Waals surface area contributed by atoms with Gasteiger partial charge in [-0.05, 0) is 36.3 Å². The van der Waals surface area contributed by atoms with Crippen LogP contribution in [0.3, 0.4) is 0 Å². The maximum Gasteiger partial charge on any atom is 0.417 e. The first-order valence-corrected chi connectivity index (χ1v) is 10.0. The van der Waals surface area contributed by atoms with Crippen LogP contribution in [0.25, 0.3) is 16.6 Å². The Labute approximate surface area is 159 Å².